The summed E-state index contributed by atoms with van der Waals surface area (Å²) < 4.78 is 0. The van der Waals surface area contributed by atoms with Crippen LogP contribution in [0.2, 0.25) is 0 Å². The normalized spacial score (nSPS) is 25.4. The molecule has 2 rings (SSSR count). The van der Waals surface area contributed by atoms with Gasteiger partial charge in [0.2, 0.25) is 0 Å². The summed E-state index contributed by atoms with van der Waals surface area (Å²) >= 11 is 0. The largest absolute Gasteiger partial charge is 0.368 e. The Hall–Kier alpha value is -1.02. The van der Waals surface area contributed by atoms with Crippen LogP contribution in [0.5, 0.6) is 0 Å². The van der Waals surface area contributed by atoms with E-state index in [-0.39, 0.29) is 0 Å². The molecule has 1 aliphatic rings. The SMILES string of the molecule is CC(C)c1ccc(N2C[C@H](C)N[C@@H](C)C2)cc1. The van der Waals surface area contributed by atoms with E-state index < -0.39 is 0 Å². The van der Waals surface area contributed by atoms with Gasteiger partial charge in [0.25, 0.3) is 0 Å². The highest BCUT2D eigenvalue weighted by Gasteiger charge is 2.20. The van der Waals surface area contributed by atoms with Gasteiger partial charge >= 0.3 is 0 Å². The van der Waals surface area contributed by atoms with Gasteiger partial charge in [-0.3, -0.25) is 0 Å². The third-order valence-corrected chi connectivity index (χ3v) is 3.48. The lowest BCUT2D eigenvalue weighted by Gasteiger charge is -2.37. The molecular formula is C15H24N2. The molecule has 1 aromatic carbocycles. The summed E-state index contributed by atoms with van der Waals surface area (Å²) in [4.78, 5) is 2.48. The van der Waals surface area contributed by atoms with Crippen LogP contribution in [0.3, 0.4) is 0 Å². The van der Waals surface area contributed by atoms with E-state index >= 15 is 0 Å². The standard InChI is InChI=1S/C15H24N2/c1-11(2)14-5-7-15(8-6-14)17-9-12(3)16-13(4)10-17/h5-8,11-13,16H,9-10H2,1-4H3/t12-,13-/m0/s1. The number of piperazine rings is 1. The zero-order chi connectivity index (χ0) is 12.4. The van der Waals surface area contributed by atoms with Gasteiger partial charge in [-0.15, -0.1) is 0 Å². The van der Waals surface area contributed by atoms with Gasteiger partial charge in [0, 0.05) is 30.9 Å². The minimum atomic E-state index is 0.573. The van der Waals surface area contributed by atoms with E-state index in [1.807, 2.05) is 0 Å². The summed E-state index contributed by atoms with van der Waals surface area (Å²) in [6, 6.07) is 10.2. The molecule has 17 heavy (non-hydrogen) atoms. The minimum Gasteiger partial charge on any atom is -0.368 e. The summed E-state index contributed by atoms with van der Waals surface area (Å²) in [7, 11) is 0. The number of nitrogens with one attached hydrogen (secondary N) is 1. The third-order valence-electron chi connectivity index (χ3n) is 3.48. The van der Waals surface area contributed by atoms with Crippen LogP contribution < -0.4 is 10.2 Å². The molecule has 0 aliphatic carbocycles. The molecule has 1 heterocycles. The fourth-order valence-corrected chi connectivity index (χ4v) is 2.61. The lowest BCUT2D eigenvalue weighted by molar-refractivity contribution is 0.407. The first-order chi connectivity index (χ1) is 8.06. The van der Waals surface area contributed by atoms with Crippen molar-refractivity contribution in [2.75, 3.05) is 18.0 Å². The van der Waals surface area contributed by atoms with Gasteiger partial charge in [-0.1, -0.05) is 26.0 Å². The molecule has 0 amide bonds. The van der Waals surface area contributed by atoms with Crippen molar-refractivity contribution in [3.05, 3.63) is 29.8 Å². The van der Waals surface area contributed by atoms with Crippen molar-refractivity contribution in [3.8, 4) is 0 Å². The summed E-state index contributed by atoms with van der Waals surface area (Å²) in [6.07, 6.45) is 0. The van der Waals surface area contributed by atoms with E-state index in [0.717, 1.165) is 13.1 Å². The van der Waals surface area contributed by atoms with Gasteiger partial charge in [-0.25, -0.2) is 0 Å². The zero-order valence-corrected chi connectivity index (χ0v) is 11.4. The molecule has 2 atom stereocenters. The Morgan fingerprint density at radius 2 is 1.59 bits per heavy atom. The molecule has 2 nitrogen and oxygen atoms in total. The summed E-state index contributed by atoms with van der Waals surface area (Å²) in [5.41, 5.74) is 2.78. The van der Waals surface area contributed by atoms with E-state index in [1.54, 1.807) is 0 Å². The lowest BCUT2D eigenvalue weighted by Crippen LogP contribution is -2.54. The van der Waals surface area contributed by atoms with Crippen molar-refractivity contribution in [2.24, 2.45) is 0 Å². The van der Waals surface area contributed by atoms with Gasteiger partial charge in [-0.2, -0.15) is 0 Å². The molecule has 1 fully saturated rings. The summed E-state index contributed by atoms with van der Waals surface area (Å²) in [6.45, 7) is 11.2. The van der Waals surface area contributed by atoms with Crippen LogP contribution in [0, 0.1) is 0 Å². The molecule has 1 aliphatic heterocycles. The fourth-order valence-electron chi connectivity index (χ4n) is 2.61. The first kappa shape index (κ1) is 12.4. The molecule has 0 saturated carbocycles. The van der Waals surface area contributed by atoms with Crippen LogP contribution in [0.1, 0.15) is 39.2 Å². The van der Waals surface area contributed by atoms with E-state index in [9.17, 15) is 0 Å². The Kier molecular flexibility index (Phi) is 3.72. The number of rotatable bonds is 2. The molecular weight excluding hydrogens is 208 g/mol. The predicted octanol–water partition coefficient (Wildman–Crippen LogP) is 3.00. The molecule has 0 unspecified atom stereocenters. The number of nitrogens with zero attached hydrogens (tertiary/aromatic N) is 1. The molecule has 1 N–H and O–H groups in total. The topological polar surface area (TPSA) is 15.3 Å². The van der Waals surface area contributed by atoms with Crippen LogP contribution in [0.4, 0.5) is 5.69 Å². The number of benzene rings is 1. The van der Waals surface area contributed by atoms with Gasteiger partial charge in [0.1, 0.15) is 0 Å². The maximum absolute atomic E-state index is 3.57. The molecule has 0 radical (unpaired) electrons. The maximum atomic E-state index is 3.57. The van der Waals surface area contributed by atoms with Crippen LogP contribution in [-0.4, -0.2) is 25.2 Å². The van der Waals surface area contributed by atoms with Gasteiger partial charge < -0.3 is 10.2 Å². The van der Waals surface area contributed by atoms with E-state index in [1.165, 1.54) is 11.3 Å². The Morgan fingerprint density at radius 1 is 1.06 bits per heavy atom. The summed E-state index contributed by atoms with van der Waals surface area (Å²) in [5, 5.41) is 3.57. The van der Waals surface area contributed by atoms with Gasteiger partial charge in [0.15, 0.2) is 0 Å². The second-order valence-corrected chi connectivity index (χ2v) is 5.62. The molecule has 1 aromatic rings. The zero-order valence-electron chi connectivity index (χ0n) is 11.4. The Labute approximate surface area is 105 Å². The van der Waals surface area contributed by atoms with Crippen molar-refractivity contribution in [1.82, 2.24) is 5.32 Å². The van der Waals surface area contributed by atoms with Crippen molar-refractivity contribution in [3.63, 3.8) is 0 Å². The van der Waals surface area contributed by atoms with Crippen molar-refractivity contribution < 1.29 is 0 Å². The molecule has 0 spiro atoms. The van der Waals surface area contributed by atoms with Crippen LogP contribution in [-0.2, 0) is 0 Å². The lowest BCUT2D eigenvalue weighted by atomic mass is 10.0. The summed E-state index contributed by atoms with van der Waals surface area (Å²) in [5.74, 6) is 0.616. The smallest absolute Gasteiger partial charge is 0.0367 e. The molecule has 0 aromatic heterocycles. The van der Waals surface area contributed by atoms with Gasteiger partial charge in [0.05, 0.1) is 0 Å². The first-order valence-electron chi connectivity index (χ1n) is 6.67. The highest BCUT2D eigenvalue weighted by molar-refractivity contribution is 5.48. The van der Waals surface area contributed by atoms with Crippen LogP contribution in [0.15, 0.2) is 24.3 Å². The number of hydrogen-bond donors (Lipinski definition) is 1. The Morgan fingerprint density at radius 3 is 2.06 bits per heavy atom. The minimum absolute atomic E-state index is 0.573. The second-order valence-electron chi connectivity index (χ2n) is 5.62. The second kappa shape index (κ2) is 5.09. The van der Waals surface area contributed by atoms with Crippen LogP contribution >= 0.6 is 0 Å². The highest BCUT2D eigenvalue weighted by atomic mass is 15.2. The monoisotopic (exact) mass is 232 g/mol. The van der Waals surface area contributed by atoms with Gasteiger partial charge in [-0.05, 0) is 37.5 Å². The molecule has 94 valence electrons. The molecule has 2 heteroatoms. The van der Waals surface area contributed by atoms with Crippen molar-refractivity contribution in [2.45, 2.75) is 45.7 Å². The number of anilines is 1. The van der Waals surface area contributed by atoms with Crippen LogP contribution in [0.25, 0.3) is 0 Å². The predicted molar refractivity (Wildman–Crippen MR) is 74.8 cm³/mol. The number of hydrogen-bond acceptors (Lipinski definition) is 2. The average molecular weight is 232 g/mol. The Bertz CT molecular complexity index is 346. The van der Waals surface area contributed by atoms with E-state index in [2.05, 4.69) is 62.2 Å². The van der Waals surface area contributed by atoms with Crippen molar-refractivity contribution in [1.29, 1.82) is 0 Å². The molecule has 1 saturated heterocycles. The highest BCUT2D eigenvalue weighted by Crippen LogP contribution is 2.21. The van der Waals surface area contributed by atoms with Crippen molar-refractivity contribution >= 4 is 5.69 Å². The Balaban J connectivity index is 2.11. The maximum Gasteiger partial charge on any atom is 0.0367 e. The fraction of sp³-hybridized carbons (Fsp3) is 0.600. The van der Waals surface area contributed by atoms with E-state index in [0.29, 0.717) is 18.0 Å². The first-order valence-corrected chi connectivity index (χ1v) is 6.67. The third kappa shape index (κ3) is 3.01. The van der Waals surface area contributed by atoms with E-state index in [4.69, 9.17) is 0 Å². The molecule has 0 bridgehead atoms. The quantitative estimate of drug-likeness (QED) is 0.843. The average Bonchev–Trinajstić information content (AvgIpc) is 2.28.